The number of nitrogens with zero attached hydrogens (tertiary/aromatic N) is 3. The maximum Gasteiger partial charge on any atom is 0.140 e. The van der Waals surface area contributed by atoms with Crippen LogP contribution in [0.1, 0.15) is 50.8 Å². The number of rotatable bonds is 15. The molecule has 0 unspecified atom stereocenters. The van der Waals surface area contributed by atoms with Gasteiger partial charge in [0.05, 0.1) is 38.3 Å². The van der Waals surface area contributed by atoms with Crippen molar-refractivity contribution in [1.29, 1.82) is 0 Å². The van der Waals surface area contributed by atoms with E-state index in [1.54, 1.807) is 21.3 Å². The van der Waals surface area contributed by atoms with Crippen LogP contribution in [-0.2, 0) is 19.6 Å². The first-order chi connectivity index (χ1) is 19.6. The summed E-state index contributed by atoms with van der Waals surface area (Å²) in [6.45, 7) is 7.79. The molecule has 0 atom stereocenters. The van der Waals surface area contributed by atoms with Crippen LogP contribution in [0.2, 0.25) is 0 Å². The molecule has 0 radical (unpaired) electrons. The molecule has 0 N–H and O–H groups in total. The van der Waals surface area contributed by atoms with E-state index in [1.807, 2.05) is 12.1 Å². The van der Waals surface area contributed by atoms with Crippen LogP contribution in [0.4, 0.5) is 0 Å². The molecular formula is C34H43N3O3. The van der Waals surface area contributed by atoms with Crippen molar-refractivity contribution < 1.29 is 14.2 Å². The van der Waals surface area contributed by atoms with Gasteiger partial charge < -0.3 is 18.8 Å². The Bertz CT molecular complexity index is 1310. The third-order valence-corrected chi connectivity index (χ3v) is 7.29. The SMILES string of the molecule is CCCCN(Cc1c(OC)cc(OC)cc1OC)Cc1c(-c2ccccc2)nc(-c2ccccc2)n1CCCC. The van der Waals surface area contributed by atoms with Crippen molar-refractivity contribution >= 4 is 0 Å². The van der Waals surface area contributed by atoms with E-state index in [2.05, 4.69) is 84.0 Å². The first-order valence-electron chi connectivity index (χ1n) is 14.3. The lowest BCUT2D eigenvalue weighted by molar-refractivity contribution is 0.238. The molecule has 3 aromatic carbocycles. The van der Waals surface area contributed by atoms with Gasteiger partial charge in [-0.1, -0.05) is 87.4 Å². The van der Waals surface area contributed by atoms with Gasteiger partial charge in [-0.3, -0.25) is 4.90 Å². The Balaban J connectivity index is 1.83. The quantitative estimate of drug-likeness (QED) is 0.153. The Kier molecular flexibility index (Phi) is 10.6. The summed E-state index contributed by atoms with van der Waals surface area (Å²) in [7, 11) is 5.06. The highest BCUT2D eigenvalue weighted by molar-refractivity contribution is 5.68. The van der Waals surface area contributed by atoms with E-state index in [1.165, 1.54) is 5.69 Å². The van der Waals surface area contributed by atoms with E-state index in [-0.39, 0.29) is 0 Å². The summed E-state index contributed by atoms with van der Waals surface area (Å²) < 4.78 is 19.6. The van der Waals surface area contributed by atoms with Crippen LogP contribution in [-0.4, -0.2) is 42.3 Å². The molecule has 4 rings (SSSR count). The lowest BCUT2D eigenvalue weighted by Gasteiger charge is -2.26. The molecule has 40 heavy (non-hydrogen) atoms. The van der Waals surface area contributed by atoms with E-state index in [0.29, 0.717) is 12.3 Å². The Morgan fingerprint density at radius 2 is 1.32 bits per heavy atom. The van der Waals surface area contributed by atoms with Crippen LogP contribution < -0.4 is 14.2 Å². The summed E-state index contributed by atoms with van der Waals surface area (Å²) in [5.41, 5.74) is 5.58. The van der Waals surface area contributed by atoms with Crippen LogP contribution in [0.5, 0.6) is 17.2 Å². The topological polar surface area (TPSA) is 48.8 Å². The highest BCUT2D eigenvalue weighted by Crippen LogP contribution is 2.36. The standard InChI is InChI=1S/C34H43N3O3/c1-6-8-20-36(24-29-31(39-4)22-28(38-3)23-32(29)40-5)25-30-33(26-16-12-10-13-17-26)35-34(37(30)21-9-7-2)27-18-14-11-15-19-27/h10-19,22-23H,6-9,20-21,24-25H2,1-5H3. The van der Waals surface area contributed by atoms with Crippen molar-refractivity contribution in [2.45, 2.75) is 59.2 Å². The van der Waals surface area contributed by atoms with Crippen molar-refractivity contribution in [2.75, 3.05) is 27.9 Å². The Morgan fingerprint density at radius 1 is 0.725 bits per heavy atom. The third kappa shape index (κ3) is 6.86. The zero-order valence-electron chi connectivity index (χ0n) is 24.7. The largest absolute Gasteiger partial charge is 0.496 e. The second-order valence-electron chi connectivity index (χ2n) is 10.0. The number of hydrogen-bond acceptors (Lipinski definition) is 5. The predicted molar refractivity (Wildman–Crippen MR) is 163 cm³/mol. The molecule has 212 valence electrons. The Hall–Kier alpha value is -3.77. The Labute approximate surface area is 239 Å². The van der Waals surface area contributed by atoms with Crippen LogP contribution in [0.25, 0.3) is 22.6 Å². The fourth-order valence-corrected chi connectivity index (χ4v) is 5.10. The van der Waals surface area contributed by atoms with Crippen LogP contribution in [0.3, 0.4) is 0 Å². The molecule has 0 spiro atoms. The van der Waals surface area contributed by atoms with Crippen LogP contribution >= 0.6 is 0 Å². The van der Waals surface area contributed by atoms with E-state index >= 15 is 0 Å². The molecule has 1 heterocycles. The van der Waals surface area contributed by atoms with Crippen molar-refractivity contribution in [3.63, 3.8) is 0 Å². The number of benzene rings is 3. The summed E-state index contributed by atoms with van der Waals surface area (Å²) in [5.74, 6) is 3.28. The molecule has 0 saturated carbocycles. The molecule has 0 fully saturated rings. The monoisotopic (exact) mass is 541 g/mol. The molecule has 0 amide bonds. The highest BCUT2D eigenvalue weighted by Gasteiger charge is 2.23. The smallest absolute Gasteiger partial charge is 0.140 e. The lowest BCUT2D eigenvalue weighted by Crippen LogP contribution is -2.26. The van der Waals surface area contributed by atoms with Gasteiger partial charge in [-0.05, 0) is 19.4 Å². The minimum Gasteiger partial charge on any atom is -0.496 e. The Morgan fingerprint density at radius 3 is 1.88 bits per heavy atom. The summed E-state index contributed by atoms with van der Waals surface area (Å²) in [6.07, 6.45) is 4.41. The molecule has 0 aliphatic heterocycles. The van der Waals surface area contributed by atoms with E-state index < -0.39 is 0 Å². The van der Waals surface area contributed by atoms with Crippen molar-refractivity contribution in [2.24, 2.45) is 0 Å². The second kappa shape index (κ2) is 14.6. The van der Waals surface area contributed by atoms with Gasteiger partial charge in [0.15, 0.2) is 0 Å². The molecular weight excluding hydrogens is 498 g/mol. The number of methoxy groups -OCH3 is 3. The molecule has 0 bridgehead atoms. The van der Waals surface area contributed by atoms with Crippen molar-refractivity contribution in [3.05, 3.63) is 84.1 Å². The number of imidazole rings is 1. The minimum absolute atomic E-state index is 0.685. The number of aromatic nitrogens is 2. The maximum absolute atomic E-state index is 5.81. The van der Waals surface area contributed by atoms with E-state index in [0.717, 1.165) is 85.0 Å². The second-order valence-corrected chi connectivity index (χ2v) is 10.0. The number of unbranched alkanes of at least 4 members (excludes halogenated alkanes) is 2. The molecule has 4 aromatic rings. The molecule has 0 saturated heterocycles. The summed E-state index contributed by atoms with van der Waals surface area (Å²) in [6, 6.07) is 25.0. The average Bonchev–Trinajstić information content (AvgIpc) is 3.37. The van der Waals surface area contributed by atoms with Crippen LogP contribution in [0, 0.1) is 0 Å². The van der Waals surface area contributed by atoms with Gasteiger partial charge in [0.25, 0.3) is 0 Å². The average molecular weight is 542 g/mol. The van der Waals surface area contributed by atoms with Crippen molar-refractivity contribution in [3.8, 4) is 39.9 Å². The first kappa shape index (κ1) is 29.2. The fraction of sp³-hybridized carbons (Fsp3) is 0.382. The van der Waals surface area contributed by atoms with Gasteiger partial charge in [-0.15, -0.1) is 0 Å². The fourth-order valence-electron chi connectivity index (χ4n) is 5.10. The normalized spacial score (nSPS) is 11.2. The molecule has 0 aliphatic carbocycles. The molecule has 0 aliphatic rings. The maximum atomic E-state index is 5.81. The zero-order chi connectivity index (χ0) is 28.3. The van der Waals surface area contributed by atoms with Gasteiger partial charge in [0.2, 0.25) is 0 Å². The lowest BCUT2D eigenvalue weighted by atomic mass is 10.1. The van der Waals surface area contributed by atoms with E-state index in [9.17, 15) is 0 Å². The van der Waals surface area contributed by atoms with Gasteiger partial charge in [-0.25, -0.2) is 4.98 Å². The molecule has 6 nitrogen and oxygen atoms in total. The highest BCUT2D eigenvalue weighted by atomic mass is 16.5. The molecule has 6 heteroatoms. The third-order valence-electron chi connectivity index (χ3n) is 7.29. The van der Waals surface area contributed by atoms with E-state index in [4.69, 9.17) is 19.2 Å². The molecule has 1 aromatic heterocycles. The van der Waals surface area contributed by atoms with Gasteiger partial charge in [-0.2, -0.15) is 0 Å². The zero-order valence-corrected chi connectivity index (χ0v) is 24.7. The minimum atomic E-state index is 0.685. The number of ether oxygens (including phenoxy) is 3. The summed E-state index contributed by atoms with van der Waals surface area (Å²) in [5, 5.41) is 0. The number of hydrogen-bond donors (Lipinski definition) is 0. The van der Waals surface area contributed by atoms with Crippen molar-refractivity contribution in [1.82, 2.24) is 14.5 Å². The van der Waals surface area contributed by atoms with Gasteiger partial charge >= 0.3 is 0 Å². The summed E-state index contributed by atoms with van der Waals surface area (Å²) in [4.78, 5) is 7.80. The predicted octanol–water partition coefficient (Wildman–Crippen LogP) is 7.85. The first-order valence-corrected chi connectivity index (χ1v) is 14.3. The van der Waals surface area contributed by atoms with Gasteiger partial charge in [0, 0.05) is 42.9 Å². The summed E-state index contributed by atoms with van der Waals surface area (Å²) >= 11 is 0. The van der Waals surface area contributed by atoms with Crippen LogP contribution in [0.15, 0.2) is 72.8 Å². The van der Waals surface area contributed by atoms with Gasteiger partial charge in [0.1, 0.15) is 23.1 Å².